The standard InChI is InChI=1S/C38H50O3/c1-6-38(7-2,33-16-12-13-30(23-28(3)24-33)19-22-37(40)20-9-8-10-21-37)34-17-18-35(29(4)25-34)32-15-11-14-31(26-32)27-36(39)41-5/h11-15,18-19,22-26,28,34,40H,6-10,16-17,20-21,27H2,1-5H3/b13-12-,22-19+,30-23?,33-24+. The highest BCUT2D eigenvalue weighted by molar-refractivity contribution is 5.80. The van der Waals surface area contributed by atoms with E-state index in [-0.39, 0.29) is 11.4 Å². The van der Waals surface area contributed by atoms with Crippen LogP contribution >= 0.6 is 0 Å². The molecule has 3 aliphatic carbocycles. The average Bonchev–Trinajstić information content (AvgIpc) is 2.96. The van der Waals surface area contributed by atoms with Gasteiger partial charge >= 0.3 is 5.97 Å². The number of aliphatic hydroxyl groups is 1. The summed E-state index contributed by atoms with van der Waals surface area (Å²) in [6.45, 7) is 9.23. The molecule has 220 valence electrons. The molecule has 0 amide bonds. The van der Waals surface area contributed by atoms with Gasteiger partial charge in [-0.1, -0.05) is 118 Å². The van der Waals surface area contributed by atoms with Crippen molar-refractivity contribution in [2.45, 2.75) is 97.5 Å². The fourth-order valence-corrected chi connectivity index (χ4v) is 7.33. The number of hydrogen-bond acceptors (Lipinski definition) is 3. The number of rotatable bonds is 9. The highest BCUT2D eigenvalue weighted by Gasteiger charge is 2.38. The van der Waals surface area contributed by atoms with Gasteiger partial charge < -0.3 is 9.84 Å². The van der Waals surface area contributed by atoms with Crippen LogP contribution in [0, 0.1) is 17.3 Å². The van der Waals surface area contributed by atoms with Gasteiger partial charge in [0.1, 0.15) is 0 Å². The second-order valence-electron chi connectivity index (χ2n) is 12.4. The molecule has 0 spiro atoms. The Balaban J connectivity index is 1.55. The van der Waals surface area contributed by atoms with Crippen molar-refractivity contribution < 1.29 is 14.6 Å². The summed E-state index contributed by atoms with van der Waals surface area (Å²) < 4.78 is 4.87. The van der Waals surface area contributed by atoms with Gasteiger partial charge in [0.05, 0.1) is 19.1 Å². The van der Waals surface area contributed by atoms with Crippen LogP contribution in [0.5, 0.6) is 0 Å². The average molecular weight is 555 g/mol. The van der Waals surface area contributed by atoms with Crippen molar-refractivity contribution in [1.29, 1.82) is 0 Å². The van der Waals surface area contributed by atoms with Gasteiger partial charge in [-0.25, -0.2) is 0 Å². The summed E-state index contributed by atoms with van der Waals surface area (Å²) in [5, 5.41) is 10.9. The maximum atomic E-state index is 11.8. The summed E-state index contributed by atoms with van der Waals surface area (Å²) in [4.78, 5) is 11.8. The van der Waals surface area contributed by atoms with Gasteiger partial charge in [0.2, 0.25) is 0 Å². The third kappa shape index (κ3) is 7.49. The molecule has 2 atom stereocenters. The molecule has 41 heavy (non-hydrogen) atoms. The molecular weight excluding hydrogens is 504 g/mol. The smallest absolute Gasteiger partial charge is 0.309 e. The molecular formula is C38H50O3. The molecule has 0 aromatic heterocycles. The highest BCUT2D eigenvalue weighted by atomic mass is 16.5. The van der Waals surface area contributed by atoms with E-state index in [1.165, 1.54) is 35.8 Å². The van der Waals surface area contributed by atoms with E-state index in [2.05, 4.69) is 82.4 Å². The van der Waals surface area contributed by atoms with Crippen molar-refractivity contribution in [3.8, 4) is 0 Å². The van der Waals surface area contributed by atoms with E-state index >= 15 is 0 Å². The number of ether oxygens (including phenoxy) is 1. The second kappa shape index (κ2) is 13.8. The fourth-order valence-electron chi connectivity index (χ4n) is 7.33. The van der Waals surface area contributed by atoms with Crippen molar-refractivity contribution in [2.24, 2.45) is 17.3 Å². The van der Waals surface area contributed by atoms with Crippen LogP contribution in [-0.4, -0.2) is 23.8 Å². The van der Waals surface area contributed by atoms with E-state index in [0.29, 0.717) is 18.3 Å². The normalized spacial score (nSPS) is 25.2. The quantitative estimate of drug-likeness (QED) is 0.244. The number of esters is 1. The SMILES string of the molecule is CCC(CC)(/C1=C/C(C)C=C(/C=C/C2(O)CCCCC2)/C=C\C1)C1C=C(C)C(c2cccc(CC(=O)OC)c2)=CC1. The molecule has 1 saturated carbocycles. The molecule has 3 heteroatoms. The number of hydrogen-bond donors (Lipinski definition) is 1. The molecule has 3 nitrogen and oxygen atoms in total. The van der Waals surface area contributed by atoms with Gasteiger partial charge in [0.15, 0.2) is 0 Å². The summed E-state index contributed by atoms with van der Waals surface area (Å²) >= 11 is 0. The third-order valence-electron chi connectivity index (χ3n) is 9.75. The minimum atomic E-state index is -0.640. The zero-order valence-corrected chi connectivity index (χ0v) is 25.9. The van der Waals surface area contributed by atoms with E-state index in [4.69, 9.17) is 4.74 Å². The zero-order chi connectivity index (χ0) is 29.5. The van der Waals surface area contributed by atoms with Gasteiger partial charge in [-0.3, -0.25) is 4.79 Å². The first-order valence-corrected chi connectivity index (χ1v) is 15.8. The summed E-state index contributed by atoms with van der Waals surface area (Å²) in [5.41, 5.74) is 6.94. The molecule has 1 N–H and O–H groups in total. The molecule has 3 aliphatic rings. The van der Waals surface area contributed by atoms with Crippen LogP contribution in [0.4, 0.5) is 0 Å². The lowest BCUT2D eigenvalue weighted by Crippen LogP contribution is -2.32. The minimum absolute atomic E-state index is 0.104. The molecule has 2 unspecified atom stereocenters. The lowest BCUT2D eigenvalue weighted by atomic mass is 9.62. The molecule has 0 saturated heterocycles. The Morgan fingerprint density at radius 1 is 1.12 bits per heavy atom. The first-order chi connectivity index (χ1) is 19.7. The fraction of sp³-hybridized carbons (Fsp3) is 0.500. The van der Waals surface area contributed by atoms with Gasteiger partial charge in [-0.05, 0) is 90.5 Å². The van der Waals surface area contributed by atoms with Gasteiger partial charge in [0, 0.05) is 0 Å². The molecule has 4 rings (SSSR count). The molecule has 1 aromatic rings. The van der Waals surface area contributed by atoms with E-state index in [1.54, 1.807) is 5.57 Å². The van der Waals surface area contributed by atoms with Gasteiger partial charge in [0.25, 0.3) is 0 Å². The first kappa shape index (κ1) is 31.0. The molecule has 0 radical (unpaired) electrons. The number of allylic oxidation sites excluding steroid dienone is 11. The van der Waals surface area contributed by atoms with E-state index in [1.807, 2.05) is 18.2 Å². The van der Waals surface area contributed by atoms with Gasteiger partial charge in [-0.15, -0.1) is 0 Å². The van der Waals surface area contributed by atoms with E-state index in [0.717, 1.165) is 56.9 Å². The van der Waals surface area contributed by atoms with Crippen LogP contribution in [0.3, 0.4) is 0 Å². The van der Waals surface area contributed by atoms with Crippen LogP contribution in [0.1, 0.15) is 96.6 Å². The Morgan fingerprint density at radius 2 is 1.88 bits per heavy atom. The predicted molar refractivity (Wildman–Crippen MR) is 171 cm³/mol. The number of carbonyl (C=O) groups excluding carboxylic acids is 1. The van der Waals surface area contributed by atoms with Crippen molar-refractivity contribution >= 4 is 11.5 Å². The molecule has 1 aromatic carbocycles. The number of carbonyl (C=O) groups is 1. The van der Waals surface area contributed by atoms with Crippen LogP contribution < -0.4 is 0 Å². The molecule has 0 aliphatic heterocycles. The first-order valence-electron chi connectivity index (χ1n) is 15.8. The largest absolute Gasteiger partial charge is 0.469 e. The van der Waals surface area contributed by atoms with E-state index < -0.39 is 5.60 Å². The third-order valence-corrected chi connectivity index (χ3v) is 9.75. The Kier molecular flexibility index (Phi) is 10.5. The summed E-state index contributed by atoms with van der Waals surface area (Å²) in [7, 11) is 1.44. The van der Waals surface area contributed by atoms with Crippen LogP contribution in [0.15, 0.2) is 89.6 Å². The van der Waals surface area contributed by atoms with Crippen LogP contribution in [-0.2, 0) is 16.0 Å². The maximum Gasteiger partial charge on any atom is 0.309 e. The summed E-state index contributed by atoms with van der Waals surface area (Å²) in [6.07, 6.45) is 28.2. The Bertz CT molecular complexity index is 1260. The second-order valence-corrected chi connectivity index (χ2v) is 12.4. The topological polar surface area (TPSA) is 46.5 Å². The zero-order valence-electron chi connectivity index (χ0n) is 25.9. The lowest BCUT2D eigenvalue weighted by Gasteiger charge is -2.43. The molecule has 0 bridgehead atoms. The van der Waals surface area contributed by atoms with Crippen LogP contribution in [0.25, 0.3) is 5.57 Å². The predicted octanol–water partition coefficient (Wildman–Crippen LogP) is 9.26. The van der Waals surface area contributed by atoms with Crippen molar-refractivity contribution in [2.75, 3.05) is 7.11 Å². The van der Waals surface area contributed by atoms with Crippen molar-refractivity contribution in [3.05, 3.63) is 101 Å². The highest BCUT2D eigenvalue weighted by Crippen LogP contribution is 2.50. The van der Waals surface area contributed by atoms with Crippen LogP contribution in [0.2, 0.25) is 0 Å². The summed E-state index contributed by atoms with van der Waals surface area (Å²) in [6, 6.07) is 8.30. The van der Waals surface area contributed by atoms with Crippen molar-refractivity contribution in [1.82, 2.24) is 0 Å². The monoisotopic (exact) mass is 554 g/mol. The van der Waals surface area contributed by atoms with Gasteiger partial charge in [-0.2, -0.15) is 0 Å². The number of methoxy groups -OCH3 is 1. The molecule has 0 heterocycles. The Labute approximate surface area is 248 Å². The minimum Gasteiger partial charge on any atom is -0.469 e. The number of benzene rings is 1. The van der Waals surface area contributed by atoms with Crippen molar-refractivity contribution in [3.63, 3.8) is 0 Å². The Hall–Kier alpha value is -2.91. The molecule has 1 fully saturated rings. The Morgan fingerprint density at radius 3 is 2.56 bits per heavy atom. The lowest BCUT2D eigenvalue weighted by molar-refractivity contribution is -0.139. The maximum absolute atomic E-state index is 11.8. The summed E-state index contributed by atoms with van der Waals surface area (Å²) in [5.74, 6) is 0.554. The van der Waals surface area contributed by atoms with E-state index in [9.17, 15) is 9.90 Å².